The van der Waals surface area contributed by atoms with Crippen LogP contribution in [0.25, 0.3) is 10.9 Å². The molecule has 1 saturated carbocycles. The number of hydrogen-bond donors (Lipinski definition) is 4. The number of amides is 2. The molecule has 0 unspecified atom stereocenters. The van der Waals surface area contributed by atoms with Crippen molar-refractivity contribution in [2.45, 2.75) is 37.6 Å². The Morgan fingerprint density at radius 1 is 1.35 bits per heavy atom. The number of aliphatic hydroxyl groups excluding tert-OH is 1. The number of halogens is 1. The molecule has 1 aromatic carbocycles. The molecule has 0 saturated heterocycles. The Morgan fingerprint density at radius 2 is 2.13 bits per heavy atom. The quantitative estimate of drug-likeness (QED) is 0.683. The maximum absolute atomic E-state index is 13.3. The molecule has 2 aromatic rings. The van der Waals surface area contributed by atoms with Crippen LogP contribution in [0.4, 0.5) is 9.18 Å². The minimum Gasteiger partial charge on any atom is -0.394 e. The molecule has 2 amide bonds. The monoisotopic (exact) mass is 319 g/mol. The van der Waals surface area contributed by atoms with Gasteiger partial charge in [0.1, 0.15) is 5.82 Å². The van der Waals surface area contributed by atoms with Crippen molar-refractivity contribution >= 4 is 16.9 Å². The second-order valence-corrected chi connectivity index (χ2v) is 6.28. The topological polar surface area (TPSA) is 77.2 Å². The molecular weight excluding hydrogens is 297 g/mol. The van der Waals surface area contributed by atoms with Crippen molar-refractivity contribution in [3.63, 3.8) is 0 Å². The highest BCUT2D eigenvalue weighted by molar-refractivity contribution is 5.83. The van der Waals surface area contributed by atoms with Gasteiger partial charge in [0.05, 0.1) is 12.1 Å². The van der Waals surface area contributed by atoms with E-state index in [-0.39, 0.29) is 18.5 Å². The largest absolute Gasteiger partial charge is 0.394 e. The molecule has 1 fully saturated rings. The highest BCUT2D eigenvalue weighted by Gasteiger charge is 2.34. The Balaban J connectivity index is 1.54. The number of rotatable bonds is 5. The van der Waals surface area contributed by atoms with E-state index in [4.69, 9.17) is 0 Å². The van der Waals surface area contributed by atoms with Crippen molar-refractivity contribution in [1.29, 1.82) is 0 Å². The van der Waals surface area contributed by atoms with E-state index in [9.17, 15) is 14.3 Å². The van der Waals surface area contributed by atoms with Crippen LogP contribution in [0.15, 0.2) is 24.4 Å². The van der Waals surface area contributed by atoms with Gasteiger partial charge in [0.25, 0.3) is 0 Å². The number of carbonyl (C=O) groups excluding carboxylic acids is 1. The van der Waals surface area contributed by atoms with Crippen molar-refractivity contribution in [2.75, 3.05) is 13.2 Å². The van der Waals surface area contributed by atoms with Crippen LogP contribution in [0, 0.1) is 5.82 Å². The first-order valence-electron chi connectivity index (χ1n) is 8.04. The van der Waals surface area contributed by atoms with Gasteiger partial charge in [0.2, 0.25) is 0 Å². The molecule has 0 radical (unpaired) electrons. The van der Waals surface area contributed by atoms with E-state index in [2.05, 4.69) is 15.6 Å². The second kappa shape index (κ2) is 6.58. The lowest BCUT2D eigenvalue weighted by molar-refractivity contribution is 0.163. The molecule has 0 atom stereocenters. The lowest BCUT2D eigenvalue weighted by Gasteiger charge is -2.27. The van der Waals surface area contributed by atoms with Crippen molar-refractivity contribution < 1.29 is 14.3 Å². The number of urea groups is 1. The first-order valence-corrected chi connectivity index (χ1v) is 8.04. The Labute approximate surface area is 134 Å². The van der Waals surface area contributed by atoms with E-state index in [1.807, 2.05) is 6.20 Å². The molecule has 5 nitrogen and oxygen atoms in total. The molecule has 23 heavy (non-hydrogen) atoms. The van der Waals surface area contributed by atoms with E-state index in [1.165, 1.54) is 12.1 Å². The zero-order valence-electron chi connectivity index (χ0n) is 13.0. The molecule has 1 aromatic heterocycles. The number of carbonyl (C=O) groups is 1. The third-order valence-corrected chi connectivity index (χ3v) is 4.65. The van der Waals surface area contributed by atoms with Gasteiger partial charge >= 0.3 is 6.03 Å². The van der Waals surface area contributed by atoms with E-state index >= 15 is 0 Å². The molecule has 0 aliphatic heterocycles. The summed E-state index contributed by atoms with van der Waals surface area (Å²) >= 11 is 0. The Hall–Kier alpha value is -2.08. The average molecular weight is 319 g/mol. The zero-order valence-corrected chi connectivity index (χ0v) is 13.0. The van der Waals surface area contributed by atoms with Gasteiger partial charge in [-0.3, -0.25) is 0 Å². The summed E-state index contributed by atoms with van der Waals surface area (Å²) in [6.07, 6.45) is 6.15. The first-order chi connectivity index (χ1) is 11.1. The number of H-pyrrole nitrogens is 1. The van der Waals surface area contributed by atoms with Crippen LogP contribution >= 0.6 is 0 Å². The standard InChI is InChI=1S/C17H22FN3O2/c18-13-3-4-15-14(9-13)12(10-20-15)5-8-19-16(23)21-17(11-22)6-1-2-7-17/h3-4,9-10,20,22H,1-2,5-8,11H2,(H2,19,21,23). The average Bonchev–Trinajstić information content (AvgIpc) is 3.15. The Bertz CT molecular complexity index is 692. The summed E-state index contributed by atoms with van der Waals surface area (Å²) in [7, 11) is 0. The summed E-state index contributed by atoms with van der Waals surface area (Å²) in [5, 5.41) is 16.1. The molecule has 4 N–H and O–H groups in total. The SMILES string of the molecule is O=C(NCCc1c[nH]c2ccc(F)cc12)NC1(CO)CCCC1. The summed E-state index contributed by atoms with van der Waals surface area (Å²) in [4.78, 5) is 15.1. The summed E-state index contributed by atoms with van der Waals surface area (Å²) in [6.45, 7) is 0.430. The van der Waals surface area contributed by atoms with Crippen molar-refractivity contribution in [3.8, 4) is 0 Å². The van der Waals surface area contributed by atoms with Crippen molar-refractivity contribution in [2.24, 2.45) is 0 Å². The molecule has 3 rings (SSSR count). The van der Waals surface area contributed by atoms with E-state index in [1.54, 1.807) is 6.07 Å². The van der Waals surface area contributed by atoms with Gasteiger partial charge in [-0.2, -0.15) is 0 Å². The van der Waals surface area contributed by atoms with Gasteiger partial charge in [-0.05, 0) is 43.0 Å². The third kappa shape index (κ3) is 3.47. The number of aromatic nitrogens is 1. The van der Waals surface area contributed by atoms with Crippen molar-refractivity contribution in [1.82, 2.24) is 15.6 Å². The van der Waals surface area contributed by atoms with Crippen LogP contribution < -0.4 is 10.6 Å². The molecule has 6 heteroatoms. The van der Waals surface area contributed by atoms with Gasteiger partial charge in [-0.15, -0.1) is 0 Å². The van der Waals surface area contributed by atoms with Crippen LogP contribution in [0.5, 0.6) is 0 Å². The summed E-state index contributed by atoms with van der Waals surface area (Å²) in [5.41, 5.74) is 1.39. The predicted octanol–water partition coefficient (Wildman–Crippen LogP) is 2.45. The number of aliphatic hydroxyl groups is 1. The van der Waals surface area contributed by atoms with Gasteiger partial charge in [0, 0.05) is 23.6 Å². The minimum atomic E-state index is -0.464. The number of fused-ring (bicyclic) bond motifs is 1. The van der Waals surface area contributed by atoms with Gasteiger partial charge in [-0.1, -0.05) is 12.8 Å². The van der Waals surface area contributed by atoms with E-state index < -0.39 is 5.54 Å². The van der Waals surface area contributed by atoms with E-state index in [0.29, 0.717) is 13.0 Å². The number of benzene rings is 1. The van der Waals surface area contributed by atoms with Crippen LogP contribution in [0.3, 0.4) is 0 Å². The number of nitrogens with one attached hydrogen (secondary N) is 3. The molecule has 1 aliphatic rings. The molecule has 0 spiro atoms. The maximum Gasteiger partial charge on any atom is 0.315 e. The van der Waals surface area contributed by atoms with Gasteiger partial charge < -0.3 is 20.7 Å². The van der Waals surface area contributed by atoms with Crippen molar-refractivity contribution in [3.05, 3.63) is 35.8 Å². The van der Waals surface area contributed by atoms with Crippen LogP contribution in [-0.2, 0) is 6.42 Å². The fraction of sp³-hybridized carbons (Fsp3) is 0.471. The Kier molecular flexibility index (Phi) is 4.52. The lowest BCUT2D eigenvalue weighted by Crippen LogP contribution is -2.53. The highest BCUT2D eigenvalue weighted by Crippen LogP contribution is 2.28. The zero-order chi connectivity index (χ0) is 16.3. The first kappa shape index (κ1) is 15.8. The van der Waals surface area contributed by atoms with Gasteiger partial charge in [0.15, 0.2) is 0 Å². The molecular formula is C17H22FN3O2. The molecule has 124 valence electrons. The molecule has 1 heterocycles. The normalized spacial score (nSPS) is 16.6. The fourth-order valence-electron chi connectivity index (χ4n) is 3.33. The third-order valence-electron chi connectivity index (χ3n) is 4.65. The van der Waals surface area contributed by atoms with E-state index in [0.717, 1.165) is 42.1 Å². The molecule has 0 bridgehead atoms. The fourth-order valence-corrected chi connectivity index (χ4v) is 3.33. The summed E-state index contributed by atoms with van der Waals surface area (Å²) in [6, 6.07) is 4.37. The smallest absolute Gasteiger partial charge is 0.315 e. The number of hydrogen-bond acceptors (Lipinski definition) is 2. The second-order valence-electron chi connectivity index (χ2n) is 6.28. The Morgan fingerprint density at radius 3 is 2.87 bits per heavy atom. The van der Waals surface area contributed by atoms with Crippen LogP contribution in [0.1, 0.15) is 31.2 Å². The minimum absolute atomic E-state index is 0.0256. The molecule has 1 aliphatic carbocycles. The van der Waals surface area contributed by atoms with Crippen LogP contribution in [0.2, 0.25) is 0 Å². The predicted molar refractivity (Wildman–Crippen MR) is 86.8 cm³/mol. The maximum atomic E-state index is 13.3. The lowest BCUT2D eigenvalue weighted by atomic mass is 9.99. The van der Waals surface area contributed by atoms with Crippen LogP contribution in [-0.4, -0.2) is 34.8 Å². The highest BCUT2D eigenvalue weighted by atomic mass is 19.1. The summed E-state index contributed by atoms with van der Waals surface area (Å²) < 4.78 is 13.3. The van der Waals surface area contributed by atoms with Gasteiger partial charge in [-0.25, -0.2) is 9.18 Å². The number of aromatic amines is 1. The summed E-state index contributed by atoms with van der Waals surface area (Å²) in [5.74, 6) is -0.268.